The van der Waals surface area contributed by atoms with Crippen LogP contribution in [0.5, 0.6) is 0 Å². The first-order chi connectivity index (χ1) is 7.04. The fourth-order valence-corrected chi connectivity index (χ4v) is 1.53. The highest BCUT2D eigenvalue weighted by molar-refractivity contribution is 7.78. The van der Waals surface area contributed by atoms with Crippen LogP contribution < -0.4 is 5.73 Å². The van der Waals surface area contributed by atoms with Gasteiger partial charge in [-0.05, 0) is 5.56 Å². The monoisotopic (exact) mass is 227 g/mol. The standard InChI is InChI=1S/C9H9NO4S/c10-7(6-4-2-1-3-5-6)8(9(11)12)15(13)14/h1-5,15H,10H2,(H,11,12). The van der Waals surface area contributed by atoms with Crippen LogP contribution >= 0.6 is 0 Å². The van der Waals surface area contributed by atoms with Crippen LogP contribution in [0.15, 0.2) is 35.2 Å². The van der Waals surface area contributed by atoms with Crippen molar-refractivity contribution in [2.75, 3.05) is 0 Å². The van der Waals surface area contributed by atoms with Gasteiger partial charge in [-0.3, -0.25) is 0 Å². The van der Waals surface area contributed by atoms with Crippen molar-refractivity contribution in [3.05, 3.63) is 40.8 Å². The molecule has 80 valence electrons. The maximum atomic E-state index is 10.7. The van der Waals surface area contributed by atoms with E-state index in [1.54, 1.807) is 18.2 Å². The number of hydrogen-bond donors (Lipinski definition) is 3. The van der Waals surface area contributed by atoms with Gasteiger partial charge in [0.05, 0.1) is 5.70 Å². The molecule has 3 N–H and O–H groups in total. The molecule has 0 saturated heterocycles. The van der Waals surface area contributed by atoms with E-state index in [0.717, 1.165) is 0 Å². The van der Waals surface area contributed by atoms with E-state index in [4.69, 9.17) is 10.8 Å². The van der Waals surface area contributed by atoms with Gasteiger partial charge in [0.2, 0.25) is 0 Å². The molecule has 5 nitrogen and oxygen atoms in total. The van der Waals surface area contributed by atoms with Crippen molar-refractivity contribution in [1.29, 1.82) is 0 Å². The van der Waals surface area contributed by atoms with Gasteiger partial charge in [0.15, 0.2) is 15.6 Å². The fraction of sp³-hybridized carbons (Fsp3) is 0. The van der Waals surface area contributed by atoms with E-state index >= 15 is 0 Å². The first-order valence-electron chi connectivity index (χ1n) is 3.97. The molecule has 0 atom stereocenters. The van der Waals surface area contributed by atoms with Crippen LogP contribution in [0.25, 0.3) is 5.70 Å². The molecule has 0 spiro atoms. The lowest BCUT2D eigenvalue weighted by atomic mass is 10.1. The lowest BCUT2D eigenvalue weighted by molar-refractivity contribution is -0.131. The van der Waals surface area contributed by atoms with E-state index in [0.29, 0.717) is 5.56 Å². The Labute approximate surface area is 87.8 Å². The summed E-state index contributed by atoms with van der Waals surface area (Å²) in [5.74, 6) is -1.55. The van der Waals surface area contributed by atoms with Crippen molar-refractivity contribution in [1.82, 2.24) is 0 Å². The molecule has 6 heteroatoms. The number of benzene rings is 1. The number of nitrogens with two attached hydrogens (primary N) is 1. The van der Waals surface area contributed by atoms with Crippen LogP contribution in [-0.2, 0) is 15.5 Å². The molecule has 0 amide bonds. The normalized spacial score (nSPS) is 12.3. The molecule has 0 fully saturated rings. The molecule has 0 aliphatic heterocycles. The molecule has 0 radical (unpaired) electrons. The molecule has 0 unspecified atom stereocenters. The highest BCUT2D eigenvalue weighted by Gasteiger charge is 2.16. The molecule has 1 aromatic rings. The Morgan fingerprint density at radius 3 is 2.13 bits per heavy atom. The Bertz CT molecular complexity index is 468. The van der Waals surface area contributed by atoms with Gasteiger partial charge in [0, 0.05) is 0 Å². The van der Waals surface area contributed by atoms with Crippen molar-refractivity contribution >= 4 is 22.4 Å². The van der Waals surface area contributed by atoms with Crippen molar-refractivity contribution in [3.63, 3.8) is 0 Å². The fourth-order valence-electron chi connectivity index (χ4n) is 1.05. The number of rotatable bonds is 3. The molecule has 0 aliphatic rings. The highest BCUT2D eigenvalue weighted by atomic mass is 32.2. The summed E-state index contributed by atoms with van der Waals surface area (Å²) in [6.45, 7) is 0. The second-order valence-corrected chi connectivity index (χ2v) is 3.65. The predicted molar refractivity (Wildman–Crippen MR) is 55.5 cm³/mol. The number of carboxylic acid groups (broad SMARTS) is 1. The predicted octanol–water partition coefficient (Wildman–Crippen LogP) is 0.00990. The molecule has 1 aromatic carbocycles. The van der Waals surface area contributed by atoms with Gasteiger partial charge in [0.1, 0.15) is 0 Å². The van der Waals surface area contributed by atoms with Crippen LogP contribution in [-0.4, -0.2) is 19.5 Å². The third kappa shape index (κ3) is 2.57. The van der Waals surface area contributed by atoms with E-state index < -0.39 is 21.6 Å². The summed E-state index contributed by atoms with van der Waals surface area (Å²) in [4.78, 5) is 9.85. The number of aliphatic carboxylic acids is 1. The van der Waals surface area contributed by atoms with Crippen LogP contribution in [0.1, 0.15) is 5.56 Å². The van der Waals surface area contributed by atoms with Gasteiger partial charge < -0.3 is 10.8 Å². The van der Waals surface area contributed by atoms with E-state index in [1.165, 1.54) is 12.1 Å². The quantitative estimate of drug-likeness (QED) is 0.499. The smallest absolute Gasteiger partial charge is 0.349 e. The number of carbonyl (C=O) groups is 1. The summed E-state index contributed by atoms with van der Waals surface area (Å²) in [5, 5.41) is 8.65. The second kappa shape index (κ2) is 4.61. The Morgan fingerprint density at radius 2 is 1.73 bits per heavy atom. The minimum Gasteiger partial charge on any atom is -0.477 e. The maximum Gasteiger partial charge on any atom is 0.349 e. The first kappa shape index (κ1) is 11.3. The summed E-state index contributed by atoms with van der Waals surface area (Å²) in [6.07, 6.45) is 0. The van der Waals surface area contributed by atoms with Crippen LogP contribution in [0.3, 0.4) is 0 Å². The maximum absolute atomic E-state index is 10.7. The first-order valence-corrected chi connectivity index (χ1v) is 5.14. The Kier molecular flexibility index (Phi) is 3.46. The SMILES string of the molecule is NC(=C(C(=O)O)[SH](=O)=O)c1ccccc1. The summed E-state index contributed by atoms with van der Waals surface area (Å²) < 4.78 is 21.3. The minimum absolute atomic E-state index is 0.251. The Hall–Kier alpha value is -1.82. The molecule has 0 bridgehead atoms. The molecule has 1 rings (SSSR count). The average Bonchev–Trinajstić information content (AvgIpc) is 2.18. The molecule has 0 heterocycles. The Morgan fingerprint density at radius 1 is 1.20 bits per heavy atom. The average molecular weight is 227 g/mol. The number of thiol groups is 1. The molecular formula is C9H9NO4S. The van der Waals surface area contributed by atoms with Crippen molar-refractivity contribution < 1.29 is 18.3 Å². The lowest BCUT2D eigenvalue weighted by Crippen LogP contribution is -2.10. The topological polar surface area (TPSA) is 97.5 Å². The Balaban J connectivity index is 3.36. The zero-order chi connectivity index (χ0) is 11.4. The van der Waals surface area contributed by atoms with Gasteiger partial charge in [-0.2, -0.15) is 0 Å². The van der Waals surface area contributed by atoms with Gasteiger partial charge in [-0.15, -0.1) is 0 Å². The van der Waals surface area contributed by atoms with Crippen molar-refractivity contribution in [2.45, 2.75) is 0 Å². The van der Waals surface area contributed by atoms with E-state index in [1.807, 2.05) is 0 Å². The molecule has 15 heavy (non-hydrogen) atoms. The minimum atomic E-state index is -3.21. The highest BCUT2D eigenvalue weighted by Crippen LogP contribution is 2.13. The van der Waals surface area contributed by atoms with Gasteiger partial charge in [-0.1, -0.05) is 30.3 Å². The van der Waals surface area contributed by atoms with Gasteiger partial charge in [-0.25, -0.2) is 13.2 Å². The largest absolute Gasteiger partial charge is 0.477 e. The third-order valence-electron chi connectivity index (χ3n) is 1.73. The number of hydrogen-bond acceptors (Lipinski definition) is 4. The van der Waals surface area contributed by atoms with Crippen molar-refractivity contribution in [2.24, 2.45) is 5.73 Å². The van der Waals surface area contributed by atoms with E-state index in [9.17, 15) is 13.2 Å². The third-order valence-corrected chi connectivity index (χ3v) is 2.52. The summed E-state index contributed by atoms with van der Waals surface area (Å²) in [6, 6.07) is 8.07. The zero-order valence-electron chi connectivity index (χ0n) is 7.58. The summed E-state index contributed by atoms with van der Waals surface area (Å²) >= 11 is 0. The van der Waals surface area contributed by atoms with Crippen LogP contribution in [0.2, 0.25) is 0 Å². The van der Waals surface area contributed by atoms with E-state index in [2.05, 4.69) is 0 Å². The molecular weight excluding hydrogens is 218 g/mol. The summed E-state index contributed by atoms with van der Waals surface area (Å²) in [7, 11) is -3.21. The van der Waals surface area contributed by atoms with Crippen molar-refractivity contribution in [3.8, 4) is 0 Å². The second-order valence-electron chi connectivity index (χ2n) is 2.69. The van der Waals surface area contributed by atoms with Crippen LogP contribution in [0, 0.1) is 0 Å². The summed E-state index contributed by atoms with van der Waals surface area (Å²) in [5.41, 5.74) is 5.57. The molecule has 0 aromatic heterocycles. The zero-order valence-corrected chi connectivity index (χ0v) is 8.48. The molecule has 0 aliphatic carbocycles. The lowest BCUT2D eigenvalue weighted by Gasteiger charge is -2.02. The van der Waals surface area contributed by atoms with Crippen LogP contribution in [0.4, 0.5) is 0 Å². The number of carboxylic acids is 1. The van der Waals surface area contributed by atoms with Gasteiger partial charge in [0.25, 0.3) is 0 Å². The molecule has 0 saturated carbocycles. The van der Waals surface area contributed by atoms with Gasteiger partial charge >= 0.3 is 5.97 Å². The van der Waals surface area contributed by atoms with E-state index in [-0.39, 0.29) is 5.70 Å².